The van der Waals surface area contributed by atoms with Crippen LogP contribution >= 0.6 is 0 Å². The molecular weight excluding hydrogens is 144 g/mol. The number of nitrogens with one attached hydrogen (secondary N) is 2. The number of carbonyl (C=O) groups excluding carboxylic acids is 1. The molecule has 1 aliphatic heterocycles. The molecule has 0 radical (unpaired) electrons. The lowest BCUT2D eigenvalue weighted by Gasteiger charge is -2.26. The van der Waals surface area contributed by atoms with Gasteiger partial charge < -0.3 is 15.4 Å². The summed E-state index contributed by atoms with van der Waals surface area (Å²) in [5.74, 6) is -0.0283. The molecule has 0 aliphatic carbocycles. The highest BCUT2D eigenvalue weighted by molar-refractivity contribution is 5.77. The van der Waals surface area contributed by atoms with E-state index in [1.807, 2.05) is 6.92 Å². The van der Waals surface area contributed by atoms with Crippen LogP contribution in [0.1, 0.15) is 6.92 Å². The van der Waals surface area contributed by atoms with Crippen molar-refractivity contribution in [1.29, 1.82) is 0 Å². The van der Waals surface area contributed by atoms with Crippen molar-refractivity contribution in [2.45, 2.75) is 13.0 Å². The molecule has 1 rings (SSSR count). The van der Waals surface area contributed by atoms with Gasteiger partial charge in [-0.3, -0.25) is 4.79 Å². The molecule has 0 aromatic carbocycles. The highest BCUT2D eigenvalue weighted by Crippen LogP contribution is 1.96. The van der Waals surface area contributed by atoms with Crippen LogP contribution in [0.4, 0.5) is 0 Å². The third-order valence-corrected chi connectivity index (χ3v) is 1.57. The van der Waals surface area contributed by atoms with Crippen LogP contribution in [-0.4, -0.2) is 38.3 Å². The smallest absolute Gasteiger partial charge is 0.246 e. The van der Waals surface area contributed by atoms with E-state index in [4.69, 9.17) is 4.74 Å². The molecule has 4 heteroatoms. The van der Waals surface area contributed by atoms with Crippen LogP contribution in [0.25, 0.3) is 0 Å². The maximum absolute atomic E-state index is 10.8. The molecule has 0 aromatic heterocycles. The van der Waals surface area contributed by atoms with Crippen LogP contribution < -0.4 is 10.6 Å². The quantitative estimate of drug-likeness (QED) is 0.558. The third-order valence-electron chi connectivity index (χ3n) is 1.57. The first-order valence-corrected chi connectivity index (χ1v) is 3.92. The average Bonchev–Trinajstić information content (AvgIpc) is 1.85. The van der Waals surface area contributed by atoms with Crippen molar-refractivity contribution in [3.63, 3.8) is 0 Å². The van der Waals surface area contributed by atoms with Crippen molar-refractivity contribution in [2.75, 3.05) is 26.2 Å². The Labute approximate surface area is 66.3 Å². The molecule has 1 fully saturated rings. The largest absolute Gasteiger partial charge is 0.366 e. The fraction of sp³-hybridized carbons (Fsp3) is 0.857. The van der Waals surface area contributed by atoms with Crippen molar-refractivity contribution in [3.8, 4) is 0 Å². The maximum atomic E-state index is 10.8. The molecule has 11 heavy (non-hydrogen) atoms. The normalized spacial score (nSPS) is 17.5. The van der Waals surface area contributed by atoms with Crippen LogP contribution in [0.2, 0.25) is 0 Å². The first-order chi connectivity index (χ1) is 5.33. The van der Waals surface area contributed by atoms with E-state index in [1.54, 1.807) is 0 Å². The Kier molecular flexibility index (Phi) is 3.32. The Bertz CT molecular complexity index is 134. The van der Waals surface area contributed by atoms with Crippen molar-refractivity contribution in [2.24, 2.45) is 0 Å². The Morgan fingerprint density at radius 2 is 2.45 bits per heavy atom. The zero-order chi connectivity index (χ0) is 8.10. The summed E-state index contributed by atoms with van der Waals surface area (Å²) in [5, 5.41) is 5.72. The highest BCUT2D eigenvalue weighted by atomic mass is 16.5. The standard InChI is InChI=1S/C7H14N2O2/c1-2-9-7(10)5-11-6-3-8-4-6/h6,8H,2-5H2,1H3,(H,9,10). The minimum Gasteiger partial charge on any atom is -0.366 e. The van der Waals surface area contributed by atoms with Gasteiger partial charge in [0, 0.05) is 19.6 Å². The predicted octanol–water partition coefficient (Wildman–Crippen LogP) is -0.889. The lowest BCUT2D eigenvalue weighted by atomic mass is 10.2. The van der Waals surface area contributed by atoms with E-state index in [1.165, 1.54) is 0 Å². The third kappa shape index (κ3) is 2.86. The Balaban J connectivity index is 1.96. The summed E-state index contributed by atoms with van der Waals surface area (Å²) >= 11 is 0. The molecule has 0 bridgehead atoms. The van der Waals surface area contributed by atoms with Gasteiger partial charge in [-0.15, -0.1) is 0 Å². The number of hydrogen-bond donors (Lipinski definition) is 2. The van der Waals surface area contributed by atoms with Gasteiger partial charge in [-0.05, 0) is 6.92 Å². The monoisotopic (exact) mass is 158 g/mol. The van der Waals surface area contributed by atoms with Gasteiger partial charge in [0.1, 0.15) is 6.61 Å². The fourth-order valence-electron chi connectivity index (χ4n) is 0.822. The van der Waals surface area contributed by atoms with E-state index in [9.17, 15) is 4.79 Å². The second kappa shape index (κ2) is 4.31. The predicted molar refractivity (Wildman–Crippen MR) is 41.3 cm³/mol. The number of hydrogen-bond acceptors (Lipinski definition) is 3. The van der Waals surface area contributed by atoms with Gasteiger partial charge in [-0.1, -0.05) is 0 Å². The zero-order valence-corrected chi connectivity index (χ0v) is 6.72. The van der Waals surface area contributed by atoms with E-state index in [-0.39, 0.29) is 18.6 Å². The zero-order valence-electron chi connectivity index (χ0n) is 6.72. The lowest BCUT2D eigenvalue weighted by molar-refractivity contribution is -0.128. The van der Waals surface area contributed by atoms with E-state index in [0.29, 0.717) is 6.54 Å². The van der Waals surface area contributed by atoms with Crippen molar-refractivity contribution in [1.82, 2.24) is 10.6 Å². The number of amides is 1. The molecule has 0 saturated carbocycles. The Morgan fingerprint density at radius 1 is 1.73 bits per heavy atom. The van der Waals surface area contributed by atoms with Crippen molar-refractivity contribution in [3.05, 3.63) is 0 Å². The van der Waals surface area contributed by atoms with Crippen LogP contribution in [-0.2, 0) is 9.53 Å². The van der Waals surface area contributed by atoms with Gasteiger partial charge in [0.15, 0.2) is 0 Å². The van der Waals surface area contributed by atoms with E-state index < -0.39 is 0 Å². The molecule has 2 N–H and O–H groups in total. The van der Waals surface area contributed by atoms with Crippen LogP contribution in [0.3, 0.4) is 0 Å². The Morgan fingerprint density at radius 3 is 2.91 bits per heavy atom. The van der Waals surface area contributed by atoms with Gasteiger partial charge in [-0.25, -0.2) is 0 Å². The van der Waals surface area contributed by atoms with Crippen LogP contribution in [0, 0.1) is 0 Å². The minimum atomic E-state index is -0.0283. The molecule has 64 valence electrons. The van der Waals surface area contributed by atoms with Gasteiger partial charge in [0.25, 0.3) is 0 Å². The first-order valence-electron chi connectivity index (χ1n) is 3.92. The SMILES string of the molecule is CCNC(=O)COC1CNC1. The van der Waals surface area contributed by atoms with E-state index in [2.05, 4.69) is 10.6 Å². The van der Waals surface area contributed by atoms with Crippen molar-refractivity contribution < 1.29 is 9.53 Å². The van der Waals surface area contributed by atoms with Gasteiger partial charge >= 0.3 is 0 Å². The molecule has 1 amide bonds. The molecule has 4 nitrogen and oxygen atoms in total. The second-order valence-corrected chi connectivity index (χ2v) is 2.54. The van der Waals surface area contributed by atoms with Crippen LogP contribution in [0.15, 0.2) is 0 Å². The summed E-state index contributed by atoms with van der Waals surface area (Å²) < 4.78 is 5.22. The van der Waals surface area contributed by atoms with Crippen LogP contribution in [0.5, 0.6) is 0 Å². The molecule has 1 heterocycles. The van der Waals surface area contributed by atoms with Gasteiger partial charge in [0.2, 0.25) is 5.91 Å². The van der Waals surface area contributed by atoms with Gasteiger partial charge in [0.05, 0.1) is 6.10 Å². The number of ether oxygens (including phenoxy) is 1. The first kappa shape index (κ1) is 8.49. The van der Waals surface area contributed by atoms with E-state index in [0.717, 1.165) is 13.1 Å². The summed E-state index contributed by atoms with van der Waals surface area (Å²) in [6.45, 7) is 4.51. The minimum absolute atomic E-state index is 0.0283. The lowest BCUT2D eigenvalue weighted by Crippen LogP contribution is -2.49. The Hall–Kier alpha value is -0.610. The molecule has 0 spiro atoms. The fourth-order valence-corrected chi connectivity index (χ4v) is 0.822. The molecule has 0 atom stereocenters. The molecule has 1 aliphatic rings. The van der Waals surface area contributed by atoms with Gasteiger partial charge in [-0.2, -0.15) is 0 Å². The molecule has 0 unspecified atom stereocenters. The molecular formula is C7H14N2O2. The summed E-state index contributed by atoms with van der Waals surface area (Å²) in [6, 6.07) is 0. The summed E-state index contributed by atoms with van der Waals surface area (Å²) in [6.07, 6.45) is 0.248. The maximum Gasteiger partial charge on any atom is 0.246 e. The number of carbonyl (C=O) groups is 1. The molecule has 0 aromatic rings. The van der Waals surface area contributed by atoms with Crippen molar-refractivity contribution >= 4 is 5.91 Å². The average molecular weight is 158 g/mol. The highest BCUT2D eigenvalue weighted by Gasteiger charge is 2.17. The molecule has 1 saturated heterocycles. The summed E-state index contributed by atoms with van der Waals surface area (Å²) in [7, 11) is 0. The number of rotatable bonds is 4. The van der Waals surface area contributed by atoms with E-state index >= 15 is 0 Å². The second-order valence-electron chi connectivity index (χ2n) is 2.54. The summed E-state index contributed by atoms with van der Waals surface area (Å²) in [5.41, 5.74) is 0. The summed E-state index contributed by atoms with van der Waals surface area (Å²) in [4.78, 5) is 10.8. The number of likely N-dealkylation sites (N-methyl/N-ethyl adjacent to an activating group) is 1. The topological polar surface area (TPSA) is 50.4 Å².